The van der Waals surface area contributed by atoms with Gasteiger partial charge in [0.1, 0.15) is 0 Å². The highest BCUT2D eigenvalue weighted by atomic mass is 16.5. The highest BCUT2D eigenvalue weighted by Gasteiger charge is 2.19. The first-order valence-corrected chi connectivity index (χ1v) is 6.80. The third kappa shape index (κ3) is 5.80. The molecule has 0 radical (unpaired) electrons. The van der Waals surface area contributed by atoms with Crippen LogP contribution in [0.2, 0.25) is 0 Å². The summed E-state index contributed by atoms with van der Waals surface area (Å²) in [6, 6.07) is -0.167. The Morgan fingerprint density at radius 3 is 2.78 bits per heavy atom. The van der Waals surface area contributed by atoms with Gasteiger partial charge in [-0.05, 0) is 19.9 Å². The third-order valence-electron chi connectivity index (χ3n) is 3.07. The van der Waals surface area contributed by atoms with Crippen LogP contribution in [0.25, 0.3) is 0 Å². The summed E-state index contributed by atoms with van der Waals surface area (Å²) >= 11 is 0. The Bertz CT molecular complexity index is 259. The molecule has 1 heterocycles. The highest BCUT2D eigenvalue weighted by Crippen LogP contribution is 2.02. The van der Waals surface area contributed by atoms with Crippen molar-refractivity contribution in [2.45, 2.75) is 32.9 Å². The topological polar surface area (TPSA) is 53.6 Å². The standard InChI is InChI=1S/C13H27N3O2/c1-10(2)7-15-13(17)11(3)14-8-12-9-16(4)5-6-18-12/h10-12,14H,5-9H2,1-4H3,(H,15,17). The van der Waals surface area contributed by atoms with E-state index in [4.69, 9.17) is 4.74 Å². The Hall–Kier alpha value is -0.650. The summed E-state index contributed by atoms with van der Waals surface area (Å²) < 4.78 is 5.64. The molecule has 5 heteroatoms. The fraction of sp³-hybridized carbons (Fsp3) is 0.923. The van der Waals surface area contributed by atoms with Crippen LogP contribution in [0, 0.1) is 5.92 Å². The molecule has 2 unspecified atom stereocenters. The first-order valence-electron chi connectivity index (χ1n) is 6.80. The van der Waals surface area contributed by atoms with Crippen LogP contribution in [0.15, 0.2) is 0 Å². The largest absolute Gasteiger partial charge is 0.374 e. The summed E-state index contributed by atoms with van der Waals surface area (Å²) in [5.41, 5.74) is 0. The molecule has 2 N–H and O–H groups in total. The number of ether oxygens (including phenoxy) is 1. The average Bonchev–Trinajstić information content (AvgIpc) is 2.33. The Morgan fingerprint density at radius 1 is 1.44 bits per heavy atom. The van der Waals surface area contributed by atoms with E-state index in [2.05, 4.69) is 36.4 Å². The van der Waals surface area contributed by atoms with Crippen molar-refractivity contribution in [3.05, 3.63) is 0 Å². The molecule has 0 bridgehead atoms. The SMILES string of the molecule is CC(C)CNC(=O)C(C)NCC1CN(C)CCO1. The monoisotopic (exact) mass is 257 g/mol. The Kier molecular flexibility index (Phi) is 6.60. The Morgan fingerprint density at radius 2 is 2.17 bits per heavy atom. The Balaban J connectivity index is 2.19. The van der Waals surface area contributed by atoms with Crippen LogP contribution >= 0.6 is 0 Å². The van der Waals surface area contributed by atoms with Crippen molar-refractivity contribution in [1.82, 2.24) is 15.5 Å². The van der Waals surface area contributed by atoms with Gasteiger partial charge in [0.2, 0.25) is 5.91 Å². The zero-order valence-corrected chi connectivity index (χ0v) is 12.0. The molecule has 2 atom stereocenters. The fourth-order valence-electron chi connectivity index (χ4n) is 1.85. The zero-order valence-electron chi connectivity index (χ0n) is 12.0. The maximum absolute atomic E-state index is 11.8. The summed E-state index contributed by atoms with van der Waals surface area (Å²) in [5, 5.41) is 6.16. The van der Waals surface area contributed by atoms with Gasteiger partial charge in [-0.2, -0.15) is 0 Å². The number of carbonyl (C=O) groups is 1. The average molecular weight is 257 g/mol. The maximum atomic E-state index is 11.8. The van der Waals surface area contributed by atoms with E-state index in [1.165, 1.54) is 0 Å². The molecule has 0 aromatic rings. The van der Waals surface area contributed by atoms with Crippen molar-refractivity contribution in [2.24, 2.45) is 5.92 Å². The van der Waals surface area contributed by atoms with Crippen LogP contribution < -0.4 is 10.6 Å². The number of carbonyl (C=O) groups excluding carboxylic acids is 1. The smallest absolute Gasteiger partial charge is 0.236 e. The number of hydrogen-bond acceptors (Lipinski definition) is 4. The highest BCUT2D eigenvalue weighted by molar-refractivity contribution is 5.81. The van der Waals surface area contributed by atoms with E-state index in [1.807, 2.05) is 6.92 Å². The zero-order chi connectivity index (χ0) is 13.5. The third-order valence-corrected chi connectivity index (χ3v) is 3.07. The van der Waals surface area contributed by atoms with Crippen LogP contribution in [0.4, 0.5) is 0 Å². The van der Waals surface area contributed by atoms with E-state index in [-0.39, 0.29) is 18.1 Å². The van der Waals surface area contributed by atoms with Gasteiger partial charge in [0, 0.05) is 26.2 Å². The van der Waals surface area contributed by atoms with Gasteiger partial charge in [0.15, 0.2) is 0 Å². The number of rotatable bonds is 6. The number of likely N-dealkylation sites (N-methyl/N-ethyl adjacent to an activating group) is 1. The van der Waals surface area contributed by atoms with Crippen LogP contribution in [0.1, 0.15) is 20.8 Å². The normalized spacial score (nSPS) is 23.1. The second kappa shape index (κ2) is 7.71. The molecular formula is C13H27N3O2. The van der Waals surface area contributed by atoms with Crippen molar-refractivity contribution in [1.29, 1.82) is 0 Å². The molecule has 0 saturated carbocycles. The molecule has 106 valence electrons. The molecule has 1 aliphatic heterocycles. The predicted molar refractivity (Wildman–Crippen MR) is 72.5 cm³/mol. The summed E-state index contributed by atoms with van der Waals surface area (Å²) in [5.74, 6) is 0.546. The van der Waals surface area contributed by atoms with E-state index in [1.54, 1.807) is 0 Å². The molecule has 0 aliphatic carbocycles. The van der Waals surface area contributed by atoms with E-state index >= 15 is 0 Å². The first kappa shape index (κ1) is 15.4. The van der Waals surface area contributed by atoms with Gasteiger partial charge in [-0.3, -0.25) is 4.79 Å². The fourth-order valence-corrected chi connectivity index (χ4v) is 1.85. The van der Waals surface area contributed by atoms with Crippen molar-refractivity contribution in [3.8, 4) is 0 Å². The number of amides is 1. The number of hydrogen-bond donors (Lipinski definition) is 2. The maximum Gasteiger partial charge on any atom is 0.236 e. The lowest BCUT2D eigenvalue weighted by atomic mass is 10.2. The molecule has 0 aromatic carbocycles. The van der Waals surface area contributed by atoms with Crippen molar-refractivity contribution in [3.63, 3.8) is 0 Å². The lowest BCUT2D eigenvalue weighted by molar-refractivity contribution is -0.123. The molecule has 1 saturated heterocycles. The lowest BCUT2D eigenvalue weighted by Crippen LogP contribution is -2.50. The van der Waals surface area contributed by atoms with Crippen LogP contribution in [0.3, 0.4) is 0 Å². The molecule has 5 nitrogen and oxygen atoms in total. The summed E-state index contributed by atoms with van der Waals surface area (Å²) in [6.45, 7) is 10.2. The van der Waals surface area contributed by atoms with Crippen molar-refractivity contribution >= 4 is 5.91 Å². The second-order valence-corrected chi connectivity index (χ2v) is 5.52. The number of morpholine rings is 1. The molecule has 1 rings (SSSR count). The van der Waals surface area contributed by atoms with E-state index in [0.29, 0.717) is 5.92 Å². The van der Waals surface area contributed by atoms with Gasteiger partial charge >= 0.3 is 0 Å². The van der Waals surface area contributed by atoms with Gasteiger partial charge in [0.25, 0.3) is 0 Å². The van der Waals surface area contributed by atoms with Gasteiger partial charge in [-0.15, -0.1) is 0 Å². The predicted octanol–water partition coefficient (Wildman–Crippen LogP) is 0.0673. The number of nitrogens with zero attached hydrogens (tertiary/aromatic N) is 1. The molecular weight excluding hydrogens is 230 g/mol. The minimum Gasteiger partial charge on any atom is -0.374 e. The van der Waals surface area contributed by atoms with Crippen LogP contribution in [0.5, 0.6) is 0 Å². The second-order valence-electron chi connectivity index (χ2n) is 5.52. The Labute approximate surface area is 110 Å². The quantitative estimate of drug-likeness (QED) is 0.707. The summed E-state index contributed by atoms with van der Waals surface area (Å²) in [7, 11) is 2.09. The lowest BCUT2D eigenvalue weighted by Gasteiger charge is -2.30. The van der Waals surface area contributed by atoms with Gasteiger partial charge in [0.05, 0.1) is 18.8 Å². The van der Waals surface area contributed by atoms with Gasteiger partial charge in [-0.1, -0.05) is 13.8 Å². The molecule has 0 spiro atoms. The molecule has 1 aliphatic rings. The molecule has 1 amide bonds. The summed E-state index contributed by atoms with van der Waals surface area (Å²) in [6.07, 6.45) is 0.184. The van der Waals surface area contributed by atoms with Crippen molar-refractivity contribution in [2.75, 3.05) is 39.8 Å². The summed E-state index contributed by atoms with van der Waals surface area (Å²) in [4.78, 5) is 14.0. The minimum atomic E-state index is -0.167. The van der Waals surface area contributed by atoms with Gasteiger partial charge in [-0.25, -0.2) is 0 Å². The van der Waals surface area contributed by atoms with Crippen LogP contribution in [-0.2, 0) is 9.53 Å². The van der Waals surface area contributed by atoms with Crippen molar-refractivity contribution < 1.29 is 9.53 Å². The van der Waals surface area contributed by atoms with Gasteiger partial charge < -0.3 is 20.3 Å². The first-order chi connectivity index (χ1) is 8.49. The minimum absolute atomic E-state index is 0.0628. The van der Waals surface area contributed by atoms with Crippen LogP contribution in [-0.4, -0.2) is 62.8 Å². The number of nitrogens with one attached hydrogen (secondary N) is 2. The molecule has 1 fully saturated rings. The van der Waals surface area contributed by atoms with E-state index in [0.717, 1.165) is 32.8 Å². The molecule has 0 aromatic heterocycles. The van der Waals surface area contributed by atoms with E-state index in [9.17, 15) is 4.79 Å². The molecule has 18 heavy (non-hydrogen) atoms. The van der Waals surface area contributed by atoms with E-state index < -0.39 is 0 Å².